The lowest BCUT2D eigenvalue weighted by Gasteiger charge is -2.37. The van der Waals surface area contributed by atoms with Crippen molar-refractivity contribution in [2.24, 2.45) is 11.0 Å². The largest absolute Gasteiger partial charge is 0.378 e. The minimum absolute atomic E-state index is 0.103. The van der Waals surface area contributed by atoms with E-state index in [4.69, 9.17) is 0 Å². The Morgan fingerprint density at radius 2 is 1.84 bits per heavy atom. The first kappa shape index (κ1) is 25.3. The monoisotopic (exact) mass is 513 g/mol. The molecule has 190 valence electrons. The van der Waals surface area contributed by atoms with E-state index in [1.54, 1.807) is 11.8 Å². The van der Waals surface area contributed by atoms with E-state index in [9.17, 15) is 9.18 Å². The minimum Gasteiger partial charge on any atom is -0.378 e. The molecule has 0 saturated heterocycles. The summed E-state index contributed by atoms with van der Waals surface area (Å²) in [6.07, 6.45) is 5.50. The number of amides is 1. The third-order valence-electron chi connectivity index (χ3n) is 7.14. The van der Waals surface area contributed by atoms with E-state index < -0.39 is 0 Å². The standard InChI is InChI=1S/C31H32FN3OS/c1-19-13-20(2)15-22(14-19)17-37-18-30(36)35-34-21(3)24-9-12-29-28(16-24)26-5-4-6-27(26)31(33-29)23-7-10-25(32)11-8-23/h4-5,7-16,26-27,31,33H,6,17-18H2,1-3H3,(H,35,36)/b34-21-/t26-,27+,31+/m1/s1. The lowest BCUT2D eigenvalue weighted by atomic mass is 9.76. The van der Waals surface area contributed by atoms with Crippen molar-refractivity contribution in [1.29, 1.82) is 0 Å². The summed E-state index contributed by atoms with van der Waals surface area (Å²) in [7, 11) is 0. The van der Waals surface area contributed by atoms with Gasteiger partial charge in [-0.3, -0.25) is 4.79 Å². The molecule has 0 bridgehead atoms. The summed E-state index contributed by atoms with van der Waals surface area (Å²) in [5, 5.41) is 8.07. The van der Waals surface area contributed by atoms with Crippen molar-refractivity contribution >= 4 is 29.1 Å². The lowest BCUT2D eigenvalue weighted by Crippen LogP contribution is -2.29. The average molecular weight is 514 g/mol. The van der Waals surface area contributed by atoms with Crippen LogP contribution in [0.5, 0.6) is 0 Å². The van der Waals surface area contributed by atoms with Crippen LogP contribution in [0, 0.1) is 25.6 Å². The van der Waals surface area contributed by atoms with Gasteiger partial charge in [-0.15, -0.1) is 11.8 Å². The number of thioether (sulfide) groups is 1. The fourth-order valence-electron chi connectivity index (χ4n) is 5.48. The molecule has 1 aliphatic carbocycles. The van der Waals surface area contributed by atoms with Crippen LogP contribution in [0.1, 0.15) is 58.7 Å². The number of hydrogen-bond donors (Lipinski definition) is 2. The molecule has 0 spiro atoms. The fraction of sp³-hybridized carbons (Fsp3) is 0.290. The summed E-state index contributed by atoms with van der Waals surface area (Å²) in [4.78, 5) is 12.4. The third kappa shape index (κ3) is 5.80. The maximum Gasteiger partial charge on any atom is 0.250 e. The number of allylic oxidation sites excluding steroid dienone is 2. The van der Waals surface area contributed by atoms with Crippen molar-refractivity contribution in [3.05, 3.63) is 112 Å². The number of aryl methyl sites for hydroxylation is 2. The van der Waals surface area contributed by atoms with Gasteiger partial charge in [-0.05, 0) is 79.6 Å². The highest BCUT2D eigenvalue weighted by Gasteiger charge is 2.38. The van der Waals surface area contributed by atoms with Crippen molar-refractivity contribution in [3.8, 4) is 0 Å². The Balaban J connectivity index is 1.23. The molecule has 4 nitrogen and oxygen atoms in total. The SMILES string of the molecule is C/C(=N/NC(=O)CSCc1cc(C)cc(C)c1)c1ccc2c(c1)[C@@H]1C=CC[C@@H]1[C@H](c1ccc(F)cc1)N2. The maximum absolute atomic E-state index is 13.5. The second kappa shape index (κ2) is 10.9. The number of benzene rings is 3. The van der Waals surface area contributed by atoms with Crippen LogP contribution < -0.4 is 10.7 Å². The molecular formula is C31H32FN3OS. The molecule has 3 aromatic carbocycles. The number of nitrogens with one attached hydrogen (secondary N) is 2. The predicted octanol–water partition coefficient (Wildman–Crippen LogP) is 7.04. The van der Waals surface area contributed by atoms with Crippen LogP contribution in [0.15, 0.2) is 77.9 Å². The highest BCUT2D eigenvalue weighted by atomic mass is 32.2. The highest BCUT2D eigenvalue weighted by Crippen LogP contribution is 2.49. The molecule has 3 atom stereocenters. The van der Waals surface area contributed by atoms with E-state index >= 15 is 0 Å². The molecule has 3 aromatic rings. The summed E-state index contributed by atoms with van der Waals surface area (Å²) in [6.45, 7) is 6.11. The molecule has 5 rings (SSSR count). The number of halogens is 1. The summed E-state index contributed by atoms with van der Waals surface area (Å²) in [5.74, 6) is 1.50. The Kier molecular flexibility index (Phi) is 7.47. The number of rotatable bonds is 7. The molecule has 0 radical (unpaired) electrons. The molecule has 2 N–H and O–H groups in total. The molecule has 1 aliphatic heterocycles. The molecule has 0 fully saturated rings. The fourth-order valence-corrected chi connectivity index (χ4v) is 6.23. The van der Waals surface area contributed by atoms with Gasteiger partial charge in [-0.2, -0.15) is 5.10 Å². The second-order valence-electron chi connectivity index (χ2n) is 10.1. The topological polar surface area (TPSA) is 53.5 Å². The summed E-state index contributed by atoms with van der Waals surface area (Å²) in [5.41, 5.74) is 11.6. The van der Waals surface area contributed by atoms with Crippen LogP contribution in [0.4, 0.5) is 10.1 Å². The molecular weight excluding hydrogens is 481 g/mol. The molecule has 2 aliphatic rings. The van der Waals surface area contributed by atoms with Gasteiger partial charge in [0.05, 0.1) is 17.5 Å². The first-order valence-corrected chi connectivity index (χ1v) is 13.8. The quantitative estimate of drug-likeness (QED) is 0.202. The Labute approximate surface area is 222 Å². The Morgan fingerprint density at radius 1 is 1.08 bits per heavy atom. The van der Waals surface area contributed by atoms with E-state index in [-0.39, 0.29) is 23.7 Å². The van der Waals surface area contributed by atoms with E-state index in [1.807, 2.05) is 25.1 Å². The van der Waals surface area contributed by atoms with Gasteiger partial charge in [0.1, 0.15) is 5.82 Å². The maximum atomic E-state index is 13.5. The number of carbonyl (C=O) groups excluding carboxylic acids is 1. The second-order valence-corrected chi connectivity index (χ2v) is 11.0. The van der Waals surface area contributed by atoms with E-state index in [0.29, 0.717) is 11.7 Å². The zero-order chi connectivity index (χ0) is 25.9. The number of anilines is 1. The van der Waals surface area contributed by atoms with Crippen molar-refractivity contribution in [2.45, 2.75) is 44.9 Å². The van der Waals surface area contributed by atoms with Gasteiger partial charge < -0.3 is 5.32 Å². The number of hydrazone groups is 1. The average Bonchev–Trinajstić information content (AvgIpc) is 3.37. The summed E-state index contributed by atoms with van der Waals surface area (Å²) >= 11 is 1.59. The highest BCUT2D eigenvalue weighted by molar-refractivity contribution is 7.99. The molecule has 1 amide bonds. The van der Waals surface area contributed by atoms with Gasteiger partial charge in [-0.1, -0.05) is 59.7 Å². The Hall–Kier alpha value is -3.38. The van der Waals surface area contributed by atoms with E-state index in [2.05, 4.69) is 72.2 Å². The molecule has 0 saturated carbocycles. The molecule has 6 heteroatoms. The Morgan fingerprint density at radius 3 is 2.59 bits per heavy atom. The van der Waals surface area contributed by atoms with Gasteiger partial charge in [0, 0.05) is 17.4 Å². The van der Waals surface area contributed by atoms with Crippen molar-refractivity contribution in [1.82, 2.24) is 5.43 Å². The third-order valence-corrected chi connectivity index (χ3v) is 8.15. The number of hydrogen-bond acceptors (Lipinski definition) is 4. The van der Waals surface area contributed by atoms with Crippen LogP contribution in [0.2, 0.25) is 0 Å². The zero-order valence-corrected chi connectivity index (χ0v) is 22.2. The van der Waals surface area contributed by atoms with Crippen molar-refractivity contribution in [3.63, 3.8) is 0 Å². The van der Waals surface area contributed by atoms with Crippen molar-refractivity contribution in [2.75, 3.05) is 11.1 Å². The first-order valence-electron chi connectivity index (χ1n) is 12.7. The van der Waals surface area contributed by atoms with Gasteiger partial charge in [0.15, 0.2) is 0 Å². The number of nitrogens with zero attached hydrogens (tertiary/aromatic N) is 1. The predicted molar refractivity (Wildman–Crippen MR) is 152 cm³/mol. The normalized spacial score (nSPS) is 20.2. The lowest BCUT2D eigenvalue weighted by molar-refractivity contribution is -0.118. The van der Waals surface area contributed by atoms with Gasteiger partial charge in [0.2, 0.25) is 5.91 Å². The summed E-state index contributed by atoms with van der Waals surface area (Å²) < 4.78 is 13.5. The van der Waals surface area contributed by atoms with Gasteiger partial charge in [-0.25, -0.2) is 9.82 Å². The summed E-state index contributed by atoms with van der Waals surface area (Å²) in [6, 6.07) is 19.7. The van der Waals surface area contributed by atoms with Crippen LogP contribution in [-0.2, 0) is 10.5 Å². The number of carbonyl (C=O) groups is 1. The van der Waals surface area contributed by atoms with Gasteiger partial charge >= 0.3 is 0 Å². The van der Waals surface area contributed by atoms with Gasteiger partial charge in [0.25, 0.3) is 0 Å². The first-order chi connectivity index (χ1) is 17.9. The molecule has 0 aromatic heterocycles. The molecule has 1 heterocycles. The molecule has 37 heavy (non-hydrogen) atoms. The smallest absolute Gasteiger partial charge is 0.250 e. The van der Waals surface area contributed by atoms with Crippen LogP contribution in [0.3, 0.4) is 0 Å². The van der Waals surface area contributed by atoms with Crippen LogP contribution in [-0.4, -0.2) is 17.4 Å². The minimum atomic E-state index is -0.215. The van der Waals surface area contributed by atoms with Crippen LogP contribution in [0.25, 0.3) is 0 Å². The van der Waals surface area contributed by atoms with E-state index in [1.165, 1.54) is 34.4 Å². The molecule has 0 unspecified atom stereocenters. The number of fused-ring (bicyclic) bond motifs is 3. The Bertz CT molecular complexity index is 1350. The zero-order valence-electron chi connectivity index (χ0n) is 21.4. The van der Waals surface area contributed by atoms with Crippen LogP contribution >= 0.6 is 11.8 Å². The van der Waals surface area contributed by atoms with E-state index in [0.717, 1.165) is 34.7 Å². The van der Waals surface area contributed by atoms with Crippen molar-refractivity contribution < 1.29 is 9.18 Å².